The number of carbonyl (C=O) groups excluding carboxylic acids is 2. The van der Waals surface area contributed by atoms with Crippen LogP contribution in [0.5, 0.6) is 0 Å². The van der Waals surface area contributed by atoms with E-state index < -0.39 is 5.54 Å². The van der Waals surface area contributed by atoms with E-state index in [0.29, 0.717) is 58.8 Å². The summed E-state index contributed by atoms with van der Waals surface area (Å²) >= 11 is 0. The average Bonchev–Trinajstić information content (AvgIpc) is 3.08. The molecule has 130 valence electrons. The summed E-state index contributed by atoms with van der Waals surface area (Å²) in [5.41, 5.74) is 5.50. The van der Waals surface area contributed by atoms with E-state index >= 15 is 0 Å². The molecular formula is C16H28N4O3. The van der Waals surface area contributed by atoms with Crippen LogP contribution in [0, 0.1) is 0 Å². The lowest BCUT2D eigenvalue weighted by atomic mass is 9.89. The van der Waals surface area contributed by atoms with Gasteiger partial charge in [-0.3, -0.25) is 14.5 Å². The maximum Gasteiger partial charge on any atom is 0.242 e. The van der Waals surface area contributed by atoms with Gasteiger partial charge >= 0.3 is 0 Å². The van der Waals surface area contributed by atoms with Crippen LogP contribution in [-0.4, -0.2) is 91.1 Å². The van der Waals surface area contributed by atoms with E-state index in [1.807, 2.05) is 9.80 Å². The predicted molar refractivity (Wildman–Crippen MR) is 85.8 cm³/mol. The Balaban J connectivity index is 1.47. The highest BCUT2D eigenvalue weighted by Crippen LogP contribution is 2.21. The lowest BCUT2D eigenvalue weighted by molar-refractivity contribution is -0.146. The van der Waals surface area contributed by atoms with Crippen molar-refractivity contribution >= 4 is 11.8 Å². The Kier molecular flexibility index (Phi) is 5.18. The van der Waals surface area contributed by atoms with Crippen LogP contribution >= 0.6 is 0 Å². The predicted octanol–water partition coefficient (Wildman–Crippen LogP) is -0.739. The van der Waals surface area contributed by atoms with Crippen LogP contribution in [0.2, 0.25) is 0 Å². The zero-order valence-corrected chi connectivity index (χ0v) is 13.8. The Hall–Kier alpha value is -1.18. The second-order valence-corrected chi connectivity index (χ2v) is 6.92. The van der Waals surface area contributed by atoms with E-state index in [0.717, 1.165) is 13.1 Å². The Labute approximate surface area is 137 Å². The molecule has 0 aromatic rings. The molecule has 0 aliphatic carbocycles. The molecule has 3 rings (SSSR count). The van der Waals surface area contributed by atoms with Gasteiger partial charge in [-0.15, -0.1) is 0 Å². The minimum absolute atomic E-state index is 0.0208. The molecule has 2 amide bonds. The molecule has 3 aliphatic rings. The third-order valence-corrected chi connectivity index (χ3v) is 5.29. The normalized spacial score (nSPS) is 25.6. The van der Waals surface area contributed by atoms with Crippen molar-refractivity contribution in [2.45, 2.75) is 31.2 Å². The maximum atomic E-state index is 12.7. The fourth-order valence-electron chi connectivity index (χ4n) is 3.66. The largest absolute Gasteiger partial charge is 0.381 e. The third-order valence-electron chi connectivity index (χ3n) is 5.29. The molecule has 0 bridgehead atoms. The van der Waals surface area contributed by atoms with Gasteiger partial charge in [0.05, 0.1) is 12.1 Å². The highest BCUT2D eigenvalue weighted by Gasteiger charge is 2.40. The van der Waals surface area contributed by atoms with E-state index in [2.05, 4.69) is 4.90 Å². The van der Waals surface area contributed by atoms with Crippen LogP contribution in [0.1, 0.15) is 25.7 Å². The highest BCUT2D eigenvalue weighted by molar-refractivity contribution is 5.86. The summed E-state index contributed by atoms with van der Waals surface area (Å²) in [5.74, 6) is 0.208. The molecule has 3 saturated heterocycles. The molecule has 0 unspecified atom stereocenters. The summed E-state index contributed by atoms with van der Waals surface area (Å²) in [6.07, 6.45) is 3.55. The number of likely N-dealkylation sites (tertiary alicyclic amines) is 1. The molecule has 0 saturated carbocycles. The van der Waals surface area contributed by atoms with Crippen LogP contribution in [0.15, 0.2) is 0 Å². The number of hydrogen-bond acceptors (Lipinski definition) is 5. The fraction of sp³-hybridized carbons (Fsp3) is 0.875. The number of carbonyl (C=O) groups is 2. The number of hydrogen-bond donors (Lipinski definition) is 1. The number of rotatable bonds is 3. The molecule has 0 aromatic carbocycles. The smallest absolute Gasteiger partial charge is 0.242 e. The summed E-state index contributed by atoms with van der Waals surface area (Å²) in [4.78, 5) is 30.9. The number of nitrogens with two attached hydrogens (primary N) is 1. The van der Waals surface area contributed by atoms with Crippen molar-refractivity contribution in [3.8, 4) is 0 Å². The minimum atomic E-state index is -0.778. The maximum absolute atomic E-state index is 12.7. The quantitative estimate of drug-likeness (QED) is 0.740. The molecular weight excluding hydrogens is 296 g/mol. The second kappa shape index (κ2) is 7.15. The van der Waals surface area contributed by atoms with E-state index in [1.165, 1.54) is 12.8 Å². The van der Waals surface area contributed by atoms with E-state index in [9.17, 15) is 9.59 Å². The van der Waals surface area contributed by atoms with E-state index in [4.69, 9.17) is 10.5 Å². The molecule has 0 spiro atoms. The first-order valence-corrected chi connectivity index (χ1v) is 8.75. The van der Waals surface area contributed by atoms with Gasteiger partial charge in [-0.2, -0.15) is 0 Å². The van der Waals surface area contributed by atoms with Gasteiger partial charge in [0.25, 0.3) is 0 Å². The summed E-state index contributed by atoms with van der Waals surface area (Å²) in [6.45, 7) is 6.09. The Morgan fingerprint density at radius 1 is 0.913 bits per heavy atom. The lowest BCUT2D eigenvalue weighted by Crippen LogP contribution is -2.62. The van der Waals surface area contributed by atoms with Gasteiger partial charge in [0.15, 0.2) is 0 Å². The number of amides is 2. The van der Waals surface area contributed by atoms with Crippen LogP contribution in [0.4, 0.5) is 0 Å². The summed E-state index contributed by atoms with van der Waals surface area (Å²) in [5, 5.41) is 0. The van der Waals surface area contributed by atoms with Gasteiger partial charge in [0.2, 0.25) is 11.8 Å². The zero-order chi connectivity index (χ0) is 16.3. The van der Waals surface area contributed by atoms with Gasteiger partial charge in [-0.05, 0) is 38.8 Å². The molecule has 3 fully saturated rings. The second-order valence-electron chi connectivity index (χ2n) is 6.92. The van der Waals surface area contributed by atoms with Crippen molar-refractivity contribution in [2.24, 2.45) is 5.73 Å². The Morgan fingerprint density at radius 2 is 1.48 bits per heavy atom. The molecule has 0 atom stereocenters. The Bertz CT molecular complexity index is 437. The van der Waals surface area contributed by atoms with Crippen molar-refractivity contribution < 1.29 is 14.3 Å². The van der Waals surface area contributed by atoms with Crippen LogP contribution < -0.4 is 5.73 Å². The number of nitrogens with zero attached hydrogens (tertiary/aromatic N) is 3. The fourth-order valence-corrected chi connectivity index (χ4v) is 3.66. The Morgan fingerprint density at radius 3 is 2.09 bits per heavy atom. The molecule has 0 aromatic heterocycles. The van der Waals surface area contributed by atoms with E-state index in [1.54, 1.807) is 0 Å². The van der Waals surface area contributed by atoms with Crippen molar-refractivity contribution in [3.05, 3.63) is 0 Å². The zero-order valence-electron chi connectivity index (χ0n) is 13.8. The first-order chi connectivity index (χ1) is 11.1. The average molecular weight is 324 g/mol. The lowest BCUT2D eigenvalue weighted by Gasteiger charge is -2.41. The standard InChI is InChI=1S/C16H28N4O3/c17-16(3-11-23-12-4-16)15(22)20-9-7-19(8-10-20)14(21)13-18-5-1-2-6-18/h1-13,17H2. The van der Waals surface area contributed by atoms with Gasteiger partial charge < -0.3 is 20.3 Å². The van der Waals surface area contributed by atoms with Crippen LogP contribution in [0.3, 0.4) is 0 Å². The van der Waals surface area contributed by atoms with Gasteiger partial charge in [-0.1, -0.05) is 0 Å². The summed E-state index contributed by atoms with van der Waals surface area (Å²) in [6, 6.07) is 0. The van der Waals surface area contributed by atoms with Crippen molar-refractivity contribution in [3.63, 3.8) is 0 Å². The van der Waals surface area contributed by atoms with Crippen LogP contribution in [0.25, 0.3) is 0 Å². The molecule has 3 heterocycles. The highest BCUT2D eigenvalue weighted by atomic mass is 16.5. The first-order valence-electron chi connectivity index (χ1n) is 8.75. The molecule has 0 radical (unpaired) electrons. The topological polar surface area (TPSA) is 79.1 Å². The van der Waals surface area contributed by atoms with Crippen molar-refractivity contribution in [1.82, 2.24) is 14.7 Å². The monoisotopic (exact) mass is 324 g/mol. The molecule has 7 nitrogen and oxygen atoms in total. The van der Waals surface area contributed by atoms with Gasteiger partial charge in [-0.25, -0.2) is 0 Å². The summed E-state index contributed by atoms with van der Waals surface area (Å²) in [7, 11) is 0. The molecule has 7 heteroatoms. The third kappa shape index (κ3) is 3.84. The first kappa shape index (κ1) is 16.7. The summed E-state index contributed by atoms with van der Waals surface area (Å²) < 4.78 is 5.31. The number of piperazine rings is 1. The SMILES string of the molecule is NC1(C(=O)N2CCN(C(=O)CN3CCCC3)CC2)CCOCC1. The van der Waals surface area contributed by atoms with Gasteiger partial charge in [0, 0.05) is 39.4 Å². The molecule has 2 N–H and O–H groups in total. The number of ether oxygens (including phenoxy) is 1. The van der Waals surface area contributed by atoms with E-state index in [-0.39, 0.29) is 11.8 Å². The van der Waals surface area contributed by atoms with Crippen molar-refractivity contribution in [1.29, 1.82) is 0 Å². The molecule has 3 aliphatic heterocycles. The van der Waals surface area contributed by atoms with Crippen LogP contribution in [-0.2, 0) is 14.3 Å². The van der Waals surface area contributed by atoms with Gasteiger partial charge in [0.1, 0.15) is 0 Å². The molecule has 23 heavy (non-hydrogen) atoms. The van der Waals surface area contributed by atoms with Crippen molar-refractivity contribution in [2.75, 3.05) is 59.0 Å². The minimum Gasteiger partial charge on any atom is -0.381 e.